The van der Waals surface area contributed by atoms with E-state index < -0.39 is 0 Å². The monoisotopic (exact) mass is 446 g/mol. The third-order valence-corrected chi connectivity index (χ3v) is 4.40. The van der Waals surface area contributed by atoms with Crippen LogP contribution in [-0.2, 0) is 17.1 Å². The lowest BCUT2D eigenvalue weighted by molar-refractivity contribution is 1.09. The Morgan fingerprint density at radius 1 is 0.929 bits per heavy atom. The third-order valence-electron chi connectivity index (χ3n) is 2.09. The summed E-state index contributed by atoms with van der Waals surface area (Å²) in [7, 11) is 0. The first-order chi connectivity index (χ1) is 6.74. The minimum absolute atomic E-state index is 0.912. The van der Waals surface area contributed by atoms with Crippen molar-refractivity contribution < 1.29 is 0 Å². The molecule has 0 unspecified atom stereocenters. The van der Waals surface area contributed by atoms with E-state index in [1.54, 1.807) is 0 Å². The van der Waals surface area contributed by atoms with Crippen molar-refractivity contribution >= 4 is 63.7 Å². The van der Waals surface area contributed by atoms with E-state index in [9.17, 15) is 0 Å². The van der Waals surface area contributed by atoms with Crippen LogP contribution in [0.5, 0.6) is 0 Å². The highest BCUT2D eigenvalue weighted by atomic mass is 79.9. The molecule has 1 rings (SSSR count). The van der Waals surface area contributed by atoms with Crippen LogP contribution in [0.1, 0.15) is 16.7 Å². The minimum atomic E-state index is 0.912. The normalized spacial score (nSPS) is 10.6. The van der Waals surface area contributed by atoms with E-state index in [1.807, 2.05) is 0 Å². The SMILES string of the molecule is BrCCc1c(Br)ccc(CBr)c1CBr. The average Bonchev–Trinajstić information content (AvgIpc) is 2.21. The van der Waals surface area contributed by atoms with Gasteiger partial charge in [0.1, 0.15) is 0 Å². The number of halogens is 4. The first kappa shape index (κ1) is 13.2. The summed E-state index contributed by atoms with van der Waals surface area (Å²) in [5, 5.41) is 2.82. The molecule has 78 valence electrons. The number of hydrogen-bond acceptors (Lipinski definition) is 0. The van der Waals surface area contributed by atoms with Gasteiger partial charge in [-0.3, -0.25) is 0 Å². The Balaban J connectivity index is 3.20. The van der Waals surface area contributed by atoms with Crippen molar-refractivity contribution in [1.29, 1.82) is 0 Å². The summed E-state index contributed by atoms with van der Waals surface area (Å²) in [4.78, 5) is 0. The Kier molecular flexibility index (Phi) is 6.29. The lowest BCUT2D eigenvalue weighted by Crippen LogP contribution is -1.99. The topological polar surface area (TPSA) is 0 Å². The smallest absolute Gasteiger partial charge is 0.0289 e. The summed E-state index contributed by atoms with van der Waals surface area (Å²) in [5.41, 5.74) is 4.16. The largest absolute Gasteiger partial charge is 0.0924 e. The lowest BCUT2D eigenvalue weighted by atomic mass is 10.0. The van der Waals surface area contributed by atoms with E-state index in [-0.39, 0.29) is 0 Å². The predicted octanol–water partition coefficient (Wildman–Crippen LogP) is 5.18. The zero-order valence-corrected chi connectivity index (χ0v) is 13.8. The van der Waals surface area contributed by atoms with E-state index in [4.69, 9.17) is 0 Å². The van der Waals surface area contributed by atoms with Crippen molar-refractivity contribution in [3.8, 4) is 0 Å². The number of rotatable bonds is 4. The first-order valence-corrected chi connectivity index (χ1v) is 8.37. The standard InChI is InChI=1S/C10H10Br4/c11-4-3-8-9(6-13)7(5-12)1-2-10(8)14/h1-2H,3-6H2. The molecule has 1 aromatic rings. The molecule has 0 radical (unpaired) electrons. The van der Waals surface area contributed by atoms with Crippen LogP contribution in [0.15, 0.2) is 16.6 Å². The highest BCUT2D eigenvalue weighted by Crippen LogP contribution is 2.28. The van der Waals surface area contributed by atoms with Crippen LogP contribution < -0.4 is 0 Å². The second kappa shape index (κ2) is 6.66. The van der Waals surface area contributed by atoms with Crippen molar-refractivity contribution in [2.45, 2.75) is 17.1 Å². The Labute approximate surface area is 118 Å². The van der Waals surface area contributed by atoms with Gasteiger partial charge in [0.05, 0.1) is 0 Å². The van der Waals surface area contributed by atoms with Crippen molar-refractivity contribution in [3.05, 3.63) is 33.3 Å². The molecule has 0 fully saturated rings. The van der Waals surface area contributed by atoms with Gasteiger partial charge in [0, 0.05) is 20.5 Å². The molecular formula is C10H10Br4. The molecule has 0 aliphatic heterocycles. The van der Waals surface area contributed by atoms with E-state index in [2.05, 4.69) is 75.9 Å². The molecule has 0 spiro atoms. The maximum Gasteiger partial charge on any atom is 0.0289 e. The fourth-order valence-electron chi connectivity index (χ4n) is 1.37. The summed E-state index contributed by atoms with van der Waals surface area (Å²) in [6, 6.07) is 4.29. The van der Waals surface area contributed by atoms with Crippen molar-refractivity contribution in [1.82, 2.24) is 0 Å². The molecule has 0 aliphatic rings. The van der Waals surface area contributed by atoms with Gasteiger partial charge < -0.3 is 0 Å². The maximum atomic E-state index is 3.60. The molecule has 1 aromatic carbocycles. The van der Waals surface area contributed by atoms with Crippen LogP contribution in [0, 0.1) is 0 Å². The highest BCUT2D eigenvalue weighted by Gasteiger charge is 2.09. The Bertz CT molecular complexity index is 309. The molecular weight excluding hydrogens is 440 g/mol. The van der Waals surface area contributed by atoms with Gasteiger partial charge >= 0.3 is 0 Å². The van der Waals surface area contributed by atoms with Gasteiger partial charge in [-0.05, 0) is 29.2 Å². The van der Waals surface area contributed by atoms with Crippen molar-refractivity contribution in [3.63, 3.8) is 0 Å². The second-order valence-corrected chi connectivity index (χ2v) is 5.64. The fourth-order valence-corrected chi connectivity index (χ4v) is 3.56. The first-order valence-electron chi connectivity index (χ1n) is 4.21. The molecule has 0 aliphatic carbocycles. The molecule has 0 bridgehead atoms. The quantitative estimate of drug-likeness (QED) is 0.556. The van der Waals surface area contributed by atoms with Gasteiger partial charge in [-0.25, -0.2) is 0 Å². The molecule has 0 saturated carbocycles. The van der Waals surface area contributed by atoms with E-state index in [0.717, 1.165) is 22.4 Å². The number of hydrogen-bond donors (Lipinski definition) is 0. The van der Waals surface area contributed by atoms with Gasteiger partial charge in [-0.15, -0.1) is 0 Å². The Hall–Kier alpha value is 1.14. The molecule has 0 aromatic heterocycles. The van der Waals surface area contributed by atoms with Crippen molar-refractivity contribution in [2.75, 3.05) is 5.33 Å². The van der Waals surface area contributed by atoms with Crippen LogP contribution >= 0.6 is 63.7 Å². The fraction of sp³-hybridized carbons (Fsp3) is 0.400. The predicted molar refractivity (Wildman–Crippen MR) is 76.9 cm³/mol. The zero-order chi connectivity index (χ0) is 10.6. The molecule has 0 amide bonds. The van der Waals surface area contributed by atoms with Crippen LogP contribution in [0.25, 0.3) is 0 Å². The highest BCUT2D eigenvalue weighted by molar-refractivity contribution is 9.10. The minimum Gasteiger partial charge on any atom is -0.0924 e. The van der Waals surface area contributed by atoms with Crippen molar-refractivity contribution in [2.24, 2.45) is 0 Å². The van der Waals surface area contributed by atoms with E-state index >= 15 is 0 Å². The van der Waals surface area contributed by atoms with Gasteiger partial charge in [-0.1, -0.05) is 69.8 Å². The van der Waals surface area contributed by atoms with Gasteiger partial charge in [0.15, 0.2) is 0 Å². The molecule has 0 heterocycles. The summed E-state index contributed by atoms with van der Waals surface area (Å²) >= 11 is 14.1. The maximum absolute atomic E-state index is 3.60. The number of benzene rings is 1. The molecule has 0 N–H and O–H groups in total. The summed E-state index contributed by atoms with van der Waals surface area (Å²) < 4.78 is 1.20. The Morgan fingerprint density at radius 2 is 1.64 bits per heavy atom. The second-order valence-electron chi connectivity index (χ2n) is 2.87. The molecule has 14 heavy (non-hydrogen) atoms. The molecule has 4 heteroatoms. The van der Waals surface area contributed by atoms with Crippen LogP contribution in [0.3, 0.4) is 0 Å². The van der Waals surface area contributed by atoms with E-state index in [1.165, 1.54) is 21.2 Å². The van der Waals surface area contributed by atoms with Crippen LogP contribution in [0.2, 0.25) is 0 Å². The van der Waals surface area contributed by atoms with Gasteiger partial charge in [0.25, 0.3) is 0 Å². The molecule has 0 nitrogen and oxygen atoms in total. The zero-order valence-electron chi connectivity index (χ0n) is 7.49. The lowest BCUT2D eigenvalue weighted by Gasteiger charge is -2.12. The summed E-state index contributed by atoms with van der Waals surface area (Å²) in [5.74, 6) is 0. The Morgan fingerprint density at radius 3 is 2.14 bits per heavy atom. The average molecular weight is 450 g/mol. The molecule has 0 atom stereocenters. The van der Waals surface area contributed by atoms with Gasteiger partial charge in [0.2, 0.25) is 0 Å². The van der Waals surface area contributed by atoms with Crippen LogP contribution in [-0.4, -0.2) is 5.33 Å². The third kappa shape index (κ3) is 3.06. The van der Waals surface area contributed by atoms with Crippen LogP contribution in [0.4, 0.5) is 0 Å². The van der Waals surface area contributed by atoms with E-state index in [0.29, 0.717) is 0 Å². The summed E-state index contributed by atoms with van der Waals surface area (Å²) in [6.45, 7) is 0. The number of alkyl halides is 3. The molecule has 0 saturated heterocycles. The summed E-state index contributed by atoms with van der Waals surface area (Å²) in [6.07, 6.45) is 1.06. The van der Waals surface area contributed by atoms with Gasteiger partial charge in [-0.2, -0.15) is 0 Å².